The third-order valence-corrected chi connectivity index (χ3v) is 5.56. The minimum Gasteiger partial charge on any atom is -0.369 e. The molecule has 5 heteroatoms. The van der Waals surface area contributed by atoms with Gasteiger partial charge in [-0.25, -0.2) is 4.79 Å². The molecule has 0 saturated carbocycles. The van der Waals surface area contributed by atoms with Crippen LogP contribution in [0.3, 0.4) is 0 Å². The molecule has 2 N–H and O–H groups in total. The summed E-state index contributed by atoms with van der Waals surface area (Å²) in [6.45, 7) is 12.4. The minimum atomic E-state index is -0.122. The van der Waals surface area contributed by atoms with Gasteiger partial charge in [0.25, 0.3) is 0 Å². The fourth-order valence-corrected chi connectivity index (χ4v) is 3.84. The fourth-order valence-electron chi connectivity index (χ4n) is 3.84. The molecule has 0 radical (unpaired) electrons. The zero-order chi connectivity index (χ0) is 20.6. The number of hydrogen-bond acceptors (Lipinski definition) is 3. The zero-order valence-electron chi connectivity index (χ0n) is 18.0. The number of carbonyl (C=O) groups excluding carboxylic acids is 1. The summed E-state index contributed by atoms with van der Waals surface area (Å²) in [5.41, 5.74) is 5.82. The molecule has 2 aromatic carbocycles. The van der Waals surface area contributed by atoms with E-state index in [9.17, 15) is 4.79 Å². The molecule has 2 aromatic rings. The first-order valence-electron chi connectivity index (χ1n) is 10.7. The van der Waals surface area contributed by atoms with Crippen molar-refractivity contribution in [2.45, 2.75) is 33.6 Å². The summed E-state index contributed by atoms with van der Waals surface area (Å²) in [4.78, 5) is 17.1. The van der Waals surface area contributed by atoms with Crippen molar-refractivity contribution in [1.29, 1.82) is 0 Å². The summed E-state index contributed by atoms with van der Waals surface area (Å²) in [7, 11) is 0. The number of nitrogens with zero attached hydrogens (tertiary/aromatic N) is 2. The van der Waals surface area contributed by atoms with Crippen LogP contribution in [-0.4, -0.2) is 50.2 Å². The van der Waals surface area contributed by atoms with Gasteiger partial charge in [-0.3, -0.25) is 4.90 Å². The van der Waals surface area contributed by atoms with Crippen molar-refractivity contribution in [2.75, 3.05) is 49.5 Å². The van der Waals surface area contributed by atoms with Crippen molar-refractivity contribution in [1.82, 2.24) is 10.2 Å². The van der Waals surface area contributed by atoms with Crippen LogP contribution in [0.25, 0.3) is 0 Å². The average molecular weight is 395 g/mol. The fraction of sp³-hybridized carbons (Fsp3) is 0.458. The lowest BCUT2D eigenvalue weighted by atomic mass is 10.1. The number of amides is 2. The Morgan fingerprint density at radius 2 is 1.69 bits per heavy atom. The first-order valence-corrected chi connectivity index (χ1v) is 10.7. The number of aryl methyl sites for hydroxylation is 3. The first kappa shape index (κ1) is 21.2. The molecule has 0 bridgehead atoms. The van der Waals surface area contributed by atoms with Gasteiger partial charge in [0.05, 0.1) is 0 Å². The number of nitrogens with one attached hydrogen (secondary N) is 2. The third kappa shape index (κ3) is 6.50. The molecule has 1 saturated heterocycles. The van der Waals surface area contributed by atoms with Crippen LogP contribution in [0.4, 0.5) is 16.2 Å². The molecule has 29 heavy (non-hydrogen) atoms. The van der Waals surface area contributed by atoms with E-state index in [1.165, 1.54) is 16.8 Å². The smallest absolute Gasteiger partial charge is 0.319 e. The Kier molecular flexibility index (Phi) is 7.53. The highest BCUT2D eigenvalue weighted by molar-refractivity contribution is 5.90. The highest BCUT2D eigenvalue weighted by Gasteiger charge is 2.16. The summed E-state index contributed by atoms with van der Waals surface area (Å²) in [5.74, 6) is 0. The molecule has 1 aliphatic heterocycles. The van der Waals surface area contributed by atoms with E-state index in [0.717, 1.165) is 56.8 Å². The van der Waals surface area contributed by atoms with Crippen molar-refractivity contribution in [3.05, 3.63) is 59.2 Å². The van der Waals surface area contributed by atoms with E-state index in [4.69, 9.17) is 0 Å². The van der Waals surface area contributed by atoms with Crippen molar-refractivity contribution in [2.24, 2.45) is 0 Å². The van der Waals surface area contributed by atoms with Gasteiger partial charge >= 0.3 is 6.03 Å². The maximum Gasteiger partial charge on any atom is 0.319 e. The highest BCUT2D eigenvalue weighted by atomic mass is 16.2. The molecule has 2 amide bonds. The first-order chi connectivity index (χ1) is 14.0. The van der Waals surface area contributed by atoms with Crippen LogP contribution >= 0.6 is 0 Å². The molecule has 1 fully saturated rings. The number of rotatable bonds is 7. The number of piperazine rings is 1. The van der Waals surface area contributed by atoms with Gasteiger partial charge in [0, 0.05) is 44.1 Å². The van der Waals surface area contributed by atoms with Gasteiger partial charge in [-0.05, 0) is 69.5 Å². The quantitative estimate of drug-likeness (QED) is 0.687. The highest BCUT2D eigenvalue weighted by Crippen LogP contribution is 2.18. The largest absolute Gasteiger partial charge is 0.369 e. The van der Waals surface area contributed by atoms with E-state index in [1.807, 2.05) is 19.1 Å². The van der Waals surface area contributed by atoms with Crippen LogP contribution in [0.1, 0.15) is 29.5 Å². The molecular weight excluding hydrogens is 360 g/mol. The number of anilines is 2. The topological polar surface area (TPSA) is 47.6 Å². The number of unbranched alkanes of at least 4 members (excludes halogenated alkanes) is 1. The van der Waals surface area contributed by atoms with Gasteiger partial charge in [0.2, 0.25) is 0 Å². The van der Waals surface area contributed by atoms with Crippen LogP contribution in [0, 0.1) is 20.8 Å². The molecule has 3 rings (SSSR count). The summed E-state index contributed by atoms with van der Waals surface area (Å²) >= 11 is 0. The van der Waals surface area contributed by atoms with Crippen molar-refractivity contribution >= 4 is 17.4 Å². The third-order valence-electron chi connectivity index (χ3n) is 5.56. The Balaban J connectivity index is 1.29. The summed E-state index contributed by atoms with van der Waals surface area (Å²) in [5, 5.41) is 5.90. The number of hydrogen-bond donors (Lipinski definition) is 2. The van der Waals surface area contributed by atoms with Crippen LogP contribution < -0.4 is 15.5 Å². The molecule has 1 heterocycles. The molecule has 1 aliphatic rings. The van der Waals surface area contributed by atoms with E-state index in [-0.39, 0.29) is 6.03 Å². The average Bonchev–Trinajstić information content (AvgIpc) is 2.70. The van der Waals surface area contributed by atoms with E-state index in [1.54, 1.807) is 0 Å². The van der Waals surface area contributed by atoms with E-state index in [0.29, 0.717) is 6.54 Å². The van der Waals surface area contributed by atoms with Crippen LogP contribution in [0.2, 0.25) is 0 Å². The van der Waals surface area contributed by atoms with Gasteiger partial charge < -0.3 is 15.5 Å². The molecule has 0 aliphatic carbocycles. The standard InChI is InChI=1S/C24H34N4O/c1-19-7-6-8-22(18-19)28-15-13-27(14-16-28)12-5-4-11-25-24(29)26-23-10-9-20(2)17-21(23)3/h6-10,17-18H,4-5,11-16H2,1-3H3,(H2,25,26,29). The molecule has 156 valence electrons. The Labute approximate surface area is 175 Å². The Hall–Kier alpha value is -2.53. The second kappa shape index (κ2) is 10.3. The number of urea groups is 1. The number of benzene rings is 2. The van der Waals surface area contributed by atoms with Gasteiger partial charge in [0.1, 0.15) is 0 Å². The van der Waals surface area contributed by atoms with Crippen molar-refractivity contribution in [3.63, 3.8) is 0 Å². The normalized spacial score (nSPS) is 14.7. The second-order valence-electron chi connectivity index (χ2n) is 8.07. The van der Waals surface area contributed by atoms with E-state index in [2.05, 4.69) is 64.6 Å². The summed E-state index contributed by atoms with van der Waals surface area (Å²) in [6.07, 6.45) is 2.10. The summed E-state index contributed by atoms with van der Waals surface area (Å²) < 4.78 is 0. The van der Waals surface area contributed by atoms with Crippen LogP contribution in [0.5, 0.6) is 0 Å². The molecule has 0 unspecified atom stereocenters. The molecule has 0 spiro atoms. The van der Waals surface area contributed by atoms with E-state index < -0.39 is 0 Å². The monoisotopic (exact) mass is 394 g/mol. The molecule has 0 aromatic heterocycles. The molecular formula is C24H34N4O. The lowest BCUT2D eigenvalue weighted by Crippen LogP contribution is -2.46. The predicted molar refractivity (Wildman–Crippen MR) is 122 cm³/mol. The molecule has 0 atom stereocenters. The van der Waals surface area contributed by atoms with E-state index >= 15 is 0 Å². The van der Waals surface area contributed by atoms with Crippen LogP contribution in [0.15, 0.2) is 42.5 Å². The Bertz CT molecular complexity index is 812. The van der Waals surface area contributed by atoms with Crippen molar-refractivity contribution in [3.8, 4) is 0 Å². The zero-order valence-corrected chi connectivity index (χ0v) is 18.0. The van der Waals surface area contributed by atoms with Crippen molar-refractivity contribution < 1.29 is 4.79 Å². The second-order valence-corrected chi connectivity index (χ2v) is 8.07. The lowest BCUT2D eigenvalue weighted by molar-refractivity contribution is 0.247. The maximum atomic E-state index is 12.1. The Morgan fingerprint density at radius 1 is 0.931 bits per heavy atom. The van der Waals surface area contributed by atoms with Gasteiger partial charge in [-0.1, -0.05) is 29.8 Å². The minimum absolute atomic E-state index is 0.122. The van der Waals surface area contributed by atoms with Gasteiger partial charge in [-0.15, -0.1) is 0 Å². The lowest BCUT2D eigenvalue weighted by Gasteiger charge is -2.36. The predicted octanol–water partition coefficient (Wildman–Crippen LogP) is 4.34. The summed E-state index contributed by atoms with van der Waals surface area (Å²) in [6, 6.07) is 14.7. The van der Waals surface area contributed by atoms with Gasteiger partial charge in [-0.2, -0.15) is 0 Å². The molecule has 5 nitrogen and oxygen atoms in total. The maximum absolute atomic E-state index is 12.1. The SMILES string of the molecule is Cc1cccc(N2CCN(CCCCNC(=O)Nc3ccc(C)cc3C)CC2)c1. The van der Waals surface area contributed by atoms with Gasteiger partial charge in [0.15, 0.2) is 0 Å². The Morgan fingerprint density at radius 3 is 2.41 bits per heavy atom. The van der Waals surface area contributed by atoms with Crippen LogP contribution in [-0.2, 0) is 0 Å². The number of carbonyl (C=O) groups is 1.